The molecule has 1 fully saturated rings. The van der Waals surface area contributed by atoms with E-state index in [-0.39, 0.29) is 24.6 Å². The molecule has 7 heteroatoms. The van der Waals surface area contributed by atoms with Crippen LogP contribution in [0.3, 0.4) is 0 Å². The van der Waals surface area contributed by atoms with Gasteiger partial charge in [0.25, 0.3) is 0 Å². The average Bonchev–Trinajstić information content (AvgIpc) is 2.54. The molecule has 0 aliphatic carbocycles. The summed E-state index contributed by atoms with van der Waals surface area (Å²) in [7, 11) is -3.35. The van der Waals surface area contributed by atoms with Crippen LogP contribution in [0, 0.1) is 0 Å². The maximum Gasteiger partial charge on any atom is 0.303 e. The molecular weight excluding hydrogens is 222 g/mol. The predicted molar refractivity (Wildman–Crippen MR) is 53.0 cm³/mol. The van der Waals surface area contributed by atoms with Crippen LogP contribution in [0.2, 0.25) is 0 Å². The van der Waals surface area contributed by atoms with E-state index in [9.17, 15) is 13.2 Å². The highest BCUT2D eigenvalue weighted by atomic mass is 32.2. The molecule has 1 rings (SSSR count). The fourth-order valence-corrected chi connectivity index (χ4v) is 2.69. The minimum atomic E-state index is -3.35. The Hall–Kier alpha value is -0.660. The van der Waals surface area contributed by atoms with E-state index in [4.69, 9.17) is 9.84 Å². The van der Waals surface area contributed by atoms with Gasteiger partial charge < -0.3 is 9.84 Å². The fraction of sp³-hybridized carbons (Fsp3) is 0.875. The van der Waals surface area contributed by atoms with Crippen molar-refractivity contribution in [3.05, 3.63) is 0 Å². The minimum Gasteiger partial charge on any atom is -0.481 e. The Balaban J connectivity index is 2.28. The Kier molecular flexibility index (Phi) is 4.49. The summed E-state index contributed by atoms with van der Waals surface area (Å²) in [5.41, 5.74) is 0. The number of carboxylic acids is 1. The molecule has 0 saturated carbocycles. The first-order valence-corrected chi connectivity index (χ1v) is 6.44. The lowest BCUT2D eigenvalue weighted by molar-refractivity contribution is -0.137. The van der Waals surface area contributed by atoms with Gasteiger partial charge in [-0.25, -0.2) is 13.1 Å². The summed E-state index contributed by atoms with van der Waals surface area (Å²) in [6.07, 6.45) is 0.693. The van der Waals surface area contributed by atoms with Crippen molar-refractivity contribution in [2.45, 2.75) is 25.3 Å². The summed E-state index contributed by atoms with van der Waals surface area (Å²) in [6.45, 7) is 0.973. The predicted octanol–water partition coefficient (Wildman–Crippen LogP) is -0.440. The first-order valence-electron chi connectivity index (χ1n) is 4.79. The quantitative estimate of drug-likeness (QED) is 0.653. The number of rotatable bonds is 6. The van der Waals surface area contributed by atoms with Crippen LogP contribution in [0.15, 0.2) is 0 Å². The van der Waals surface area contributed by atoms with Crippen molar-refractivity contribution >= 4 is 16.0 Å². The lowest BCUT2D eigenvalue weighted by Crippen LogP contribution is -2.36. The van der Waals surface area contributed by atoms with Gasteiger partial charge in [0.15, 0.2) is 0 Å². The van der Waals surface area contributed by atoms with Crippen LogP contribution >= 0.6 is 0 Å². The number of sulfonamides is 1. The van der Waals surface area contributed by atoms with E-state index in [1.165, 1.54) is 0 Å². The second-order valence-corrected chi connectivity index (χ2v) is 5.37. The zero-order valence-electron chi connectivity index (χ0n) is 8.31. The Morgan fingerprint density at radius 1 is 1.53 bits per heavy atom. The number of ether oxygens (including phenoxy) is 1. The van der Waals surface area contributed by atoms with Gasteiger partial charge in [-0.2, -0.15) is 0 Å². The average molecular weight is 237 g/mol. The van der Waals surface area contributed by atoms with E-state index < -0.39 is 16.0 Å². The van der Waals surface area contributed by atoms with Crippen LogP contribution in [0.5, 0.6) is 0 Å². The van der Waals surface area contributed by atoms with Crippen molar-refractivity contribution in [2.24, 2.45) is 0 Å². The molecule has 0 aromatic rings. The normalized spacial score (nSPS) is 21.7. The zero-order valence-corrected chi connectivity index (χ0v) is 9.12. The number of aliphatic carboxylic acids is 1. The van der Waals surface area contributed by atoms with Gasteiger partial charge in [-0.05, 0) is 12.8 Å². The Morgan fingerprint density at radius 3 is 2.80 bits per heavy atom. The number of nitrogens with one attached hydrogen (secondary N) is 1. The molecule has 0 aromatic heterocycles. The molecule has 0 bridgehead atoms. The van der Waals surface area contributed by atoms with Gasteiger partial charge in [0.1, 0.15) is 0 Å². The van der Waals surface area contributed by atoms with Gasteiger partial charge in [-0.3, -0.25) is 4.79 Å². The standard InChI is InChI=1S/C8H15NO5S/c10-8(11)2-1-5-15(12,13)9-7-3-4-14-6-7/h7,9H,1-6H2,(H,10,11). The monoisotopic (exact) mass is 237 g/mol. The molecule has 2 N–H and O–H groups in total. The van der Waals surface area contributed by atoms with E-state index in [1.807, 2.05) is 0 Å². The molecule has 0 spiro atoms. The number of hydrogen-bond acceptors (Lipinski definition) is 4. The molecule has 15 heavy (non-hydrogen) atoms. The van der Waals surface area contributed by atoms with E-state index >= 15 is 0 Å². The van der Waals surface area contributed by atoms with Crippen molar-refractivity contribution < 1.29 is 23.1 Å². The van der Waals surface area contributed by atoms with Crippen LogP contribution in [0.1, 0.15) is 19.3 Å². The molecule has 1 saturated heterocycles. The zero-order chi connectivity index (χ0) is 11.3. The van der Waals surface area contributed by atoms with Gasteiger partial charge in [0, 0.05) is 19.1 Å². The van der Waals surface area contributed by atoms with Crippen molar-refractivity contribution in [3.8, 4) is 0 Å². The molecule has 1 unspecified atom stereocenters. The van der Waals surface area contributed by atoms with E-state index in [0.29, 0.717) is 19.6 Å². The second kappa shape index (κ2) is 5.43. The second-order valence-electron chi connectivity index (χ2n) is 3.49. The van der Waals surface area contributed by atoms with Gasteiger partial charge in [-0.1, -0.05) is 0 Å². The lowest BCUT2D eigenvalue weighted by Gasteiger charge is -2.10. The molecule has 0 amide bonds. The molecule has 88 valence electrons. The topological polar surface area (TPSA) is 92.7 Å². The molecule has 0 radical (unpaired) electrons. The maximum absolute atomic E-state index is 11.4. The highest BCUT2D eigenvalue weighted by Gasteiger charge is 2.21. The maximum atomic E-state index is 11.4. The molecule has 6 nitrogen and oxygen atoms in total. The Labute approximate surface area is 88.7 Å². The van der Waals surface area contributed by atoms with E-state index in [0.717, 1.165) is 0 Å². The first kappa shape index (κ1) is 12.4. The third-order valence-electron chi connectivity index (χ3n) is 2.08. The Bertz CT molecular complexity index is 307. The fourth-order valence-electron chi connectivity index (χ4n) is 1.35. The van der Waals surface area contributed by atoms with Crippen molar-refractivity contribution in [3.63, 3.8) is 0 Å². The summed E-state index contributed by atoms with van der Waals surface area (Å²) >= 11 is 0. The molecule has 1 heterocycles. The molecular formula is C8H15NO5S. The summed E-state index contributed by atoms with van der Waals surface area (Å²) in [5, 5.41) is 8.36. The van der Waals surface area contributed by atoms with E-state index in [2.05, 4.69) is 4.72 Å². The van der Waals surface area contributed by atoms with Gasteiger partial charge in [-0.15, -0.1) is 0 Å². The number of hydrogen-bond donors (Lipinski definition) is 2. The van der Waals surface area contributed by atoms with Gasteiger partial charge in [0.05, 0.1) is 12.4 Å². The lowest BCUT2D eigenvalue weighted by atomic mass is 10.3. The van der Waals surface area contributed by atoms with Crippen LogP contribution < -0.4 is 4.72 Å². The number of carboxylic acid groups (broad SMARTS) is 1. The summed E-state index contributed by atoms with van der Waals surface area (Å²) < 4.78 is 30.3. The number of carbonyl (C=O) groups is 1. The van der Waals surface area contributed by atoms with Crippen LogP contribution in [0.4, 0.5) is 0 Å². The third kappa shape index (κ3) is 5.10. The first-order chi connectivity index (χ1) is 6.99. The Morgan fingerprint density at radius 2 is 2.27 bits per heavy atom. The summed E-state index contributed by atoms with van der Waals surface area (Å²) in [6, 6.07) is -0.153. The summed E-state index contributed by atoms with van der Waals surface area (Å²) in [4.78, 5) is 10.2. The van der Waals surface area contributed by atoms with E-state index in [1.54, 1.807) is 0 Å². The van der Waals surface area contributed by atoms with Crippen molar-refractivity contribution in [1.29, 1.82) is 0 Å². The van der Waals surface area contributed by atoms with Crippen LogP contribution in [-0.2, 0) is 19.6 Å². The molecule has 1 atom stereocenters. The highest BCUT2D eigenvalue weighted by Crippen LogP contribution is 2.05. The van der Waals surface area contributed by atoms with Crippen molar-refractivity contribution in [1.82, 2.24) is 4.72 Å². The largest absolute Gasteiger partial charge is 0.481 e. The van der Waals surface area contributed by atoms with Crippen molar-refractivity contribution in [2.75, 3.05) is 19.0 Å². The van der Waals surface area contributed by atoms with Gasteiger partial charge >= 0.3 is 5.97 Å². The van der Waals surface area contributed by atoms with Gasteiger partial charge in [0.2, 0.25) is 10.0 Å². The van der Waals surface area contributed by atoms with Crippen LogP contribution in [-0.4, -0.2) is 44.5 Å². The SMILES string of the molecule is O=C(O)CCCS(=O)(=O)NC1CCOC1. The minimum absolute atomic E-state index is 0.123. The summed E-state index contributed by atoms with van der Waals surface area (Å²) in [5.74, 6) is -1.12. The molecule has 0 aromatic carbocycles. The third-order valence-corrected chi connectivity index (χ3v) is 3.60. The van der Waals surface area contributed by atoms with Crippen LogP contribution in [0.25, 0.3) is 0 Å². The molecule has 1 aliphatic heterocycles. The smallest absolute Gasteiger partial charge is 0.303 e. The highest BCUT2D eigenvalue weighted by molar-refractivity contribution is 7.89. The molecule has 1 aliphatic rings.